The molecule has 5 rings (SSSR count). The first-order valence-corrected chi connectivity index (χ1v) is 10.4. The average molecular weight is 409 g/mol. The number of aryl methyl sites for hydroxylation is 1. The molecule has 0 radical (unpaired) electrons. The third-order valence-electron chi connectivity index (χ3n) is 5.44. The van der Waals surface area contributed by atoms with Gasteiger partial charge in [0.2, 0.25) is 0 Å². The van der Waals surface area contributed by atoms with Crippen LogP contribution in [0.1, 0.15) is 41.2 Å². The summed E-state index contributed by atoms with van der Waals surface area (Å²) in [6.45, 7) is 4.05. The Morgan fingerprint density at radius 1 is 1.28 bits per heavy atom. The summed E-state index contributed by atoms with van der Waals surface area (Å²) in [5.41, 5.74) is 1.58. The minimum absolute atomic E-state index is 0.166. The van der Waals surface area contributed by atoms with E-state index < -0.39 is 0 Å². The Labute approximate surface area is 171 Å². The van der Waals surface area contributed by atoms with Crippen LogP contribution in [0, 0.1) is 18.7 Å². The molecule has 1 saturated carbocycles. The second kappa shape index (κ2) is 6.81. The molecule has 1 aliphatic rings. The number of aromatic nitrogens is 4. The molecule has 1 fully saturated rings. The molecule has 0 saturated heterocycles. The quantitative estimate of drug-likeness (QED) is 0.507. The summed E-state index contributed by atoms with van der Waals surface area (Å²) in [5, 5.41) is 12.9. The molecule has 3 heterocycles. The van der Waals surface area contributed by atoms with Crippen molar-refractivity contribution in [3.05, 3.63) is 59.0 Å². The summed E-state index contributed by atoms with van der Waals surface area (Å²) >= 11 is 1.37. The minimum atomic E-state index is -0.294. The van der Waals surface area contributed by atoms with E-state index in [0.29, 0.717) is 16.6 Å². The van der Waals surface area contributed by atoms with Gasteiger partial charge in [-0.1, -0.05) is 0 Å². The average Bonchev–Trinajstić information content (AvgIpc) is 3.16. The normalized spacial score (nSPS) is 15.0. The number of carbonyl (C=O) groups is 1. The maximum atomic E-state index is 13.3. The van der Waals surface area contributed by atoms with Crippen LogP contribution >= 0.6 is 11.3 Å². The van der Waals surface area contributed by atoms with Crippen LogP contribution < -0.4 is 5.32 Å². The molecule has 1 unspecified atom stereocenters. The van der Waals surface area contributed by atoms with E-state index >= 15 is 0 Å². The van der Waals surface area contributed by atoms with Crippen LogP contribution in [0.2, 0.25) is 0 Å². The molecular weight excluding hydrogens is 389 g/mol. The topological polar surface area (TPSA) is 64.7 Å². The number of halogens is 1. The largest absolute Gasteiger partial charge is 0.306 e. The van der Waals surface area contributed by atoms with E-state index in [2.05, 4.69) is 22.4 Å². The van der Waals surface area contributed by atoms with Gasteiger partial charge in [-0.15, -0.1) is 11.3 Å². The lowest BCUT2D eigenvalue weighted by molar-refractivity contribution is 0.102. The molecule has 0 aliphatic heterocycles. The molecule has 1 aromatic carbocycles. The van der Waals surface area contributed by atoms with E-state index in [1.54, 1.807) is 23.0 Å². The maximum Gasteiger partial charge on any atom is 0.266 e. The summed E-state index contributed by atoms with van der Waals surface area (Å²) in [6, 6.07) is 10.1. The van der Waals surface area contributed by atoms with Gasteiger partial charge in [-0.05, 0) is 62.9 Å². The maximum absolute atomic E-state index is 13.3. The Hall–Kier alpha value is -3.00. The molecule has 1 amide bonds. The van der Waals surface area contributed by atoms with Crippen molar-refractivity contribution < 1.29 is 9.18 Å². The number of amides is 1. The fraction of sp³-hybridized carbons (Fsp3) is 0.286. The zero-order chi connectivity index (χ0) is 20.1. The van der Waals surface area contributed by atoms with E-state index in [4.69, 9.17) is 0 Å². The Balaban J connectivity index is 1.45. The predicted molar refractivity (Wildman–Crippen MR) is 111 cm³/mol. The molecule has 1 atom stereocenters. The van der Waals surface area contributed by atoms with Crippen molar-refractivity contribution in [1.29, 1.82) is 0 Å². The lowest BCUT2D eigenvalue weighted by atomic mass is 10.2. The highest BCUT2D eigenvalue weighted by atomic mass is 32.1. The summed E-state index contributed by atoms with van der Waals surface area (Å²) in [4.78, 5) is 14.4. The van der Waals surface area contributed by atoms with Gasteiger partial charge in [-0.3, -0.25) is 4.79 Å². The van der Waals surface area contributed by atoms with Gasteiger partial charge in [0.05, 0.1) is 28.5 Å². The van der Waals surface area contributed by atoms with E-state index in [1.807, 2.05) is 23.7 Å². The third kappa shape index (κ3) is 3.23. The van der Waals surface area contributed by atoms with Crippen LogP contribution in [0.15, 0.2) is 42.6 Å². The smallest absolute Gasteiger partial charge is 0.266 e. The second-order valence-electron chi connectivity index (χ2n) is 7.50. The fourth-order valence-electron chi connectivity index (χ4n) is 3.61. The van der Waals surface area contributed by atoms with Crippen LogP contribution in [-0.2, 0) is 0 Å². The number of benzene rings is 1. The van der Waals surface area contributed by atoms with E-state index in [0.717, 1.165) is 21.6 Å². The molecule has 6 nitrogen and oxygen atoms in total. The number of carbonyl (C=O) groups excluding carboxylic acids is 1. The number of hydrogen-bond acceptors (Lipinski definition) is 4. The number of nitrogens with one attached hydrogen (secondary N) is 1. The SMILES string of the molecule is Cc1nn(-c2ccc(F)cc2)c2sc(C(=O)Nc3ccnn3C(C)C3CC3)cc12. The zero-order valence-corrected chi connectivity index (χ0v) is 16.9. The Morgan fingerprint density at radius 3 is 2.76 bits per heavy atom. The molecule has 29 heavy (non-hydrogen) atoms. The summed E-state index contributed by atoms with van der Waals surface area (Å²) in [7, 11) is 0. The molecule has 3 aromatic heterocycles. The first-order chi connectivity index (χ1) is 14.0. The third-order valence-corrected chi connectivity index (χ3v) is 6.55. The van der Waals surface area contributed by atoms with Crippen molar-refractivity contribution in [3.63, 3.8) is 0 Å². The van der Waals surface area contributed by atoms with Crippen LogP contribution in [0.5, 0.6) is 0 Å². The summed E-state index contributed by atoms with van der Waals surface area (Å²) < 4.78 is 16.9. The number of rotatable bonds is 5. The first-order valence-electron chi connectivity index (χ1n) is 9.61. The molecule has 8 heteroatoms. The molecular formula is C21H20FN5OS. The number of nitrogens with zero attached hydrogens (tertiary/aromatic N) is 4. The van der Waals surface area contributed by atoms with Crippen molar-refractivity contribution in [2.24, 2.45) is 5.92 Å². The van der Waals surface area contributed by atoms with Gasteiger partial charge in [-0.25, -0.2) is 13.8 Å². The summed E-state index contributed by atoms with van der Waals surface area (Å²) in [5.74, 6) is 0.890. The first kappa shape index (κ1) is 18.1. The molecule has 0 spiro atoms. The zero-order valence-electron chi connectivity index (χ0n) is 16.1. The number of anilines is 1. The van der Waals surface area contributed by atoms with E-state index in [1.165, 1.54) is 36.3 Å². The van der Waals surface area contributed by atoms with Gasteiger partial charge in [-0.2, -0.15) is 10.2 Å². The molecule has 4 aromatic rings. The number of thiophene rings is 1. The lowest BCUT2D eigenvalue weighted by Gasteiger charge is -2.15. The highest BCUT2D eigenvalue weighted by molar-refractivity contribution is 7.20. The number of hydrogen-bond donors (Lipinski definition) is 1. The molecule has 0 bridgehead atoms. The molecule has 1 N–H and O–H groups in total. The Kier molecular flexibility index (Phi) is 4.24. The highest BCUT2D eigenvalue weighted by Crippen LogP contribution is 2.40. The van der Waals surface area contributed by atoms with Crippen molar-refractivity contribution >= 4 is 33.3 Å². The Morgan fingerprint density at radius 2 is 2.03 bits per heavy atom. The Bertz CT molecular complexity index is 1200. The predicted octanol–water partition coefficient (Wildman–Crippen LogP) is 4.95. The van der Waals surface area contributed by atoms with Crippen molar-refractivity contribution in [2.75, 3.05) is 5.32 Å². The highest BCUT2D eigenvalue weighted by Gasteiger charge is 2.31. The monoisotopic (exact) mass is 409 g/mol. The van der Waals surface area contributed by atoms with Crippen LogP contribution in [-0.4, -0.2) is 25.5 Å². The lowest BCUT2D eigenvalue weighted by Crippen LogP contribution is -2.17. The van der Waals surface area contributed by atoms with E-state index in [9.17, 15) is 9.18 Å². The van der Waals surface area contributed by atoms with Gasteiger partial charge in [0.1, 0.15) is 16.5 Å². The van der Waals surface area contributed by atoms with Crippen LogP contribution in [0.25, 0.3) is 15.9 Å². The molecule has 1 aliphatic carbocycles. The van der Waals surface area contributed by atoms with Gasteiger partial charge >= 0.3 is 0 Å². The number of fused-ring (bicyclic) bond motifs is 1. The standard InChI is InChI=1S/C21H20FN5OS/c1-12-17-11-18(29-21(17)27(25-12)16-7-5-15(22)6-8-16)20(28)24-19-9-10-23-26(19)13(2)14-3-4-14/h5-11,13-14H,3-4H2,1-2H3,(H,24,28). The minimum Gasteiger partial charge on any atom is -0.306 e. The van der Waals surface area contributed by atoms with Crippen LogP contribution in [0.3, 0.4) is 0 Å². The fourth-order valence-corrected chi connectivity index (χ4v) is 4.69. The van der Waals surface area contributed by atoms with E-state index in [-0.39, 0.29) is 17.8 Å². The van der Waals surface area contributed by atoms with Gasteiger partial charge < -0.3 is 5.32 Å². The van der Waals surface area contributed by atoms with Crippen molar-refractivity contribution in [3.8, 4) is 5.69 Å². The van der Waals surface area contributed by atoms with Gasteiger partial charge in [0.15, 0.2) is 0 Å². The second-order valence-corrected chi connectivity index (χ2v) is 8.53. The van der Waals surface area contributed by atoms with Crippen molar-refractivity contribution in [2.45, 2.75) is 32.7 Å². The summed E-state index contributed by atoms with van der Waals surface area (Å²) in [6.07, 6.45) is 4.14. The van der Waals surface area contributed by atoms with Crippen LogP contribution in [0.4, 0.5) is 10.2 Å². The van der Waals surface area contributed by atoms with Crippen molar-refractivity contribution in [1.82, 2.24) is 19.6 Å². The molecule has 148 valence electrons. The van der Waals surface area contributed by atoms with Gasteiger partial charge in [0, 0.05) is 11.5 Å². The van der Waals surface area contributed by atoms with Gasteiger partial charge in [0.25, 0.3) is 5.91 Å².